The molecule has 0 aliphatic rings. The van der Waals surface area contributed by atoms with E-state index in [2.05, 4.69) is 6.07 Å². The summed E-state index contributed by atoms with van der Waals surface area (Å²) in [6.07, 6.45) is -0.641. The van der Waals surface area contributed by atoms with Crippen LogP contribution in [0.1, 0.15) is 22.8 Å². The molecule has 1 atom stereocenters. The van der Waals surface area contributed by atoms with E-state index in [4.69, 9.17) is 4.42 Å². The topological polar surface area (TPSA) is 33.4 Å². The lowest BCUT2D eigenvalue weighted by molar-refractivity contribution is 0.220. The molecule has 0 saturated heterocycles. The van der Waals surface area contributed by atoms with Crippen LogP contribution in [0.25, 0.3) is 21.9 Å². The molecule has 0 spiro atoms. The van der Waals surface area contributed by atoms with Crippen LogP contribution in [0, 0.1) is 6.92 Å². The van der Waals surface area contributed by atoms with Gasteiger partial charge >= 0.3 is 0 Å². The van der Waals surface area contributed by atoms with Crippen LogP contribution in [0.3, 0.4) is 0 Å². The predicted molar refractivity (Wildman–Crippen MR) is 89.0 cm³/mol. The molecule has 3 aromatic carbocycles. The van der Waals surface area contributed by atoms with Gasteiger partial charge in [0.15, 0.2) is 0 Å². The van der Waals surface area contributed by atoms with Crippen LogP contribution in [0.2, 0.25) is 0 Å². The zero-order chi connectivity index (χ0) is 15.1. The lowest BCUT2D eigenvalue weighted by Crippen LogP contribution is -1.99. The van der Waals surface area contributed by atoms with E-state index in [-0.39, 0.29) is 0 Å². The van der Waals surface area contributed by atoms with Crippen molar-refractivity contribution in [3.05, 3.63) is 83.4 Å². The molecule has 0 saturated carbocycles. The van der Waals surface area contributed by atoms with Gasteiger partial charge in [-0.2, -0.15) is 0 Å². The molecule has 0 amide bonds. The van der Waals surface area contributed by atoms with Crippen LogP contribution in [-0.2, 0) is 0 Å². The maximum Gasteiger partial charge on any atom is 0.135 e. The molecule has 2 heteroatoms. The van der Waals surface area contributed by atoms with Crippen molar-refractivity contribution in [3.63, 3.8) is 0 Å². The molecular weight excluding hydrogens is 272 g/mol. The zero-order valence-corrected chi connectivity index (χ0v) is 12.3. The summed E-state index contributed by atoms with van der Waals surface area (Å²) in [6, 6.07) is 21.9. The Morgan fingerprint density at radius 1 is 0.773 bits per heavy atom. The molecule has 0 fully saturated rings. The van der Waals surface area contributed by atoms with Crippen molar-refractivity contribution in [2.75, 3.05) is 0 Å². The Balaban J connectivity index is 1.81. The third-order valence-electron chi connectivity index (χ3n) is 4.11. The summed E-state index contributed by atoms with van der Waals surface area (Å²) < 4.78 is 5.89. The van der Waals surface area contributed by atoms with Gasteiger partial charge in [0, 0.05) is 10.8 Å². The van der Waals surface area contributed by atoms with Gasteiger partial charge in [-0.05, 0) is 30.2 Å². The Morgan fingerprint density at radius 3 is 2.27 bits per heavy atom. The van der Waals surface area contributed by atoms with Crippen LogP contribution in [-0.4, -0.2) is 5.11 Å². The summed E-state index contributed by atoms with van der Waals surface area (Å²) in [7, 11) is 0. The number of hydrogen-bond acceptors (Lipinski definition) is 2. The average molecular weight is 288 g/mol. The molecule has 4 aromatic rings. The SMILES string of the molecule is Cc1ccc([C@H](O)c2ccc3c(c2)oc2ccccc23)cc1. The summed E-state index contributed by atoms with van der Waals surface area (Å²) in [5.41, 5.74) is 4.60. The van der Waals surface area contributed by atoms with Gasteiger partial charge in [0.2, 0.25) is 0 Å². The summed E-state index contributed by atoms with van der Waals surface area (Å²) in [5.74, 6) is 0. The first-order chi connectivity index (χ1) is 10.7. The fourth-order valence-electron chi connectivity index (χ4n) is 2.85. The Bertz CT molecular complexity index is 948. The second kappa shape index (κ2) is 5.00. The number of rotatable bonds is 2. The first kappa shape index (κ1) is 13.1. The molecule has 1 heterocycles. The Hall–Kier alpha value is -2.58. The highest BCUT2D eigenvalue weighted by molar-refractivity contribution is 6.04. The van der Waals surface area contributed by atoms with E-state index in [1.54, 1.807) is 0 Å². The molecule has 0 unspecified atom stereocenters. The van der Waals surface area contributed by atoms with Crippen LogP contribution < -0.4 is 0 Å². The molecule has 1 aromatic heterocycles. The number of fused-ring (bicyclic) bond motifs is 3. The quantitative estimate of drug-likeness (QED) is 0.564. The third kappa shape index (κ3) is 2.09. The van der Waals surface area contributed by atoms with Crippen molar-refractivity contribution < 1.29 is 9.52 Å². The van der Waals surface area contributed by atoms with E-state index in [0.29, 0.717) is 0 Å². The van der Waals surface area contributed by atoms with Gasteiger partial charge in [-0.25, -0.2) is 0 Å². The van der Waals surface area contributed by atoms with Gasteiger partial charge in [-0.15, -0.1) is 0 Å². The largest absolute Gasteiger partial charge is 0.456 e. The minimum absolute atomic E-state index is 0.641. The monoisotopic (exact) mass is 288 g/mol. The van der Waals surface area contributed by atoms with Gasteiger partial charge in [-0.3, -0.25) is 0 Å². The molecule has 0 bridgehead atoms. The standard InChI is InChI=1S/C20H16O2/c1-13-6-8-14(9-7-13)20(21)15-10-11-17-16-4-2-3-5-18(16)22-19(17)12-15/h2-12,20-21H,1H3/t20-/m0/s1. The maximum atomic E-state index is 10.6. The molecular formula is C20H16O2. The molecule has 1 N–H and O–H groups in total. The molecule has 0 aliphatic carbocycles. The lowest BCUT2D eigenvalue weighted by atomic mass is 9.99. The van der Waals surface area contributed by atoms with Crippen molar-refractivity contribution in [2.45, 2.75) is 13.0 Å². The van der Waals surface area contributed by atoms with Crippen molar-refractivity contribution in [1.29, 1.82) is 0 Å². The zero-order valence-electron chi connectivity index (χ0n) is 12.3. The van der Waals surface area contributed by atoms with E-state index in [1.165, 1.54) is 5.56 Å². The van der Waals surface area contributed by atoms with E-state index < -0.39 is 6.10 Å². The second-order valence-corrected chi connectivity index (χ2v) is 5.67. The number of benzene rings is 3. The highest BCUT2D eigenvalue weighted by atomic mass is 16.3. The molecule has 2 nitrogen and oxygen atoms in total. The van der Waals surface area contributed by atoms with Crippen LogP contribution >= 0.6 is 0 Å². The van der Waals surface area contributed by atoms with Gasteiger partial charge < -0.3 is 9.52 Å². The first-order valence-corrected chi connectivity index (χ1v) is 7.38. The summed E-state index contributed by atoms with van der Waals surface area (Å²) >= 11 is 0. The van der Waals surface area contributed by atoms with Crippen molar-refractivity contribution in [1.82, 2.24) is 0 Å². The average Bonchev–Trinajstić information content (AvgIpc) is 2.92. The number of hydrogen-bond donors (Lipinski definition) is 1. The smallest absolute Gasteiger partial charge is 0.135 e. The van der Waals surface area contributed by atoms with Crippen LogP contribution in [0.5, 0.6) is 0 Å². The second-order valence-electron chi connectivity index (χ2n) is 5.67. The number of aliphatic hydroxyl groups is 1. The van der Waals surface area contributed by atoms with Crippen molar-refractivity contribution in [2.24, 2.45) is 0 Å². The van der Waals surface area contributed by atoms with Gasteiger partial charge in [-0.1, -0.05) is 60.2 Å². The first-order valence-electron chi connectivity index (χ1n) is 7.38. The van der Waals surface area contributed by atoms with E-state index in [1.807, 2.05) is 67.6 Å². The number of aliphatic hydroxyl groups excluding tert-OH is 1. The fourth-order valence-corrected chi connectivity index (χ4v) is 2.85. The molecule has 0 radical (unpaired) electrons. The van der Waals surface area contributed by atoms with Crippen LogP contribution in [0.15, 0.2) is 71.1 Å². The van der Waals surface area contributed by atoms with E-state index in [0.717, 1.165) is 33.1 Å². The lowest BCUT2D eigenvalue weighted by Gasteiger charge is -2.11. The van der Waals surface area contributed by atoms with Crippen molar-refractivity contribution >= 4 is 21.9 Å². The highest BCUT2D eigenvalue weighted by Gasteiger charge is 2.13. The summed E-state index contributed by atoms with van der Waals surface area (Å²) in [4.78, 5) is 0. The Kier molecular flexibility index (Phi) is 2.98. The Labute approximate surface area is 128 Å². The third-order valence-corrected chi connectivity index (χ3v) is 4.11. The van der Waals surface area contributed by atoms with Gasteiger partial charge in [0.25, 0.3) is 0 Å². The molecule has 0 aliphatic heterocycles. The molecule has 108 valence electrons. The number of furan rings is 1. The van der Waals surface area contributed by atoms with E-state index in [9.17, 15) is 5.11 Å². The minimum atomic E-state index is -0.641. The number of para-hydroxylation sites is 1. The highest BCUT2D eigenvalue weighted by Crippen LogP contribution is 2.32. The normalized spacial score (nSPS) is 12.8. The van der Waals surface area contributed by atoms with Crippen molar-refractivity contribution in [3.8, 4) is 0 Å². The van der Waals surface area contributed by atoms with Crippen LogP contribution in [0.4, 0.5) is 0 Å². The molecule has 22 heavy (non-hydrogen) atoms. The fraction of sp³-hybridized carbons (Fsp3) is 0.100. The summed E-state index contributed by atoms with van der Waals surface area (Å²) in [6.45, 7) is 2.04. The Morgan fingerprint density at radius 2 is 1.45 bits per heavy atom. The van der Waals surface area contributed by atoms with E-state index >= 15 is 0 Å². The predicted octanol–water partition coefficient (Wildman–Crippen LogP) is 4.98. The van der Waals surface area contributed by atoms with Gasteiger partial charge in [0.1, 0.15) is 17.3 Å². The summed E-state index contributed by atoms with van der Waals surface area (Å²) in [5, 5.41) is 12.8. The minimum Gasteiger partial charge on any atom is -0.456 e. The van der Waals surface area contributed by atoms with Gasteiger partial charge in [0.05, 0.1) is 0 Å². The number of aryl methyl sites for hydroxylation is 1. The maximum absolute atomic E-state index is 10.6. The molecule has 4 rings (SSSR count).